The summed E-state index contributed by atoms with van der Waals surface area (Å²) >= 11 is 0. The Morgan fingerprint density at radius 2 is 1.89 bits per heavy atom. The van der Waals surface area contributed by atoms with Crippen molar-refractivity contribution in [1.82, 2.24) is 4.98 Å². The maximum Gasteiger partial charge on any atom is 0.335 e. The van der Waals surface area contributed by atoms with E-state index in [1.54, 1.807) is 12.1 Å². The number of carbonyl (C=O) groups is 1. The van der Waals surface area contributed by atoms with Crippen LogP contribution in [0.25, 0.3) is 11.5 Å². The van der Waals surface area contributed by atoms with Crippen LogP contribution in [-0.4, -0.2) is 31.6 Å². The molecule has 0 amide bonds. The first-order valence-electron chi connectivity index (χ1n) is 7.77. The molecule has 3 aromatic rings. The van der Waals surface area contributed by atoms with Gasteiger partial charge in [0.05, 0.1) is 18.4 Å². The predicted molar refractivity (Wildman–Crippen MR) is 97.4 cm³/mol. The third-order valence-electron chi connectivity index (χ3n) is 3.75. The Kier molecular flexibility index (Phi) is 4.87. The van der Waals surface area contributed by atoms with Gasteiger partial charge in [0, 0.05) is 5.56 Å². The molecular weight excluding hydrogens is 372 g/mol. The molecule has 140 valence electrons. The quantitative estimate of drug-likeness (QED) is 0.666. The molecule has 9 heteroatoms. The van der Waals surface area contributed by atoms with Crippen LogP contribution in [0.5, 0.6) is 5.75 Å². The molecule has 0 aliphatic heterocycles. The molecule has 3 rings (SSSR count). The van der Waals surface area contributed by atoms with Gasteiger partial charge in [-0.3, -0.25) is 4.72 Å². The molecule has 27 heavy (non-hydrogen) atoms. The van der Waals surface area contributed by atoms with Gasteiger partial charge in [0.25, 0.3) is 10.0 Å². The first-order valence-corrected chi connectivity index (χ1v) is 9.25. The Labute approximate surface area is 155 Å². The summed E-state index contributed by atoms with van der Waals surface area (Å²) in [5.74, 6) is -0.911. The van der Waals surface area contributed by atoms with E-state index in [2.05, 4.69) is 9.71 Å². The van der Waals surface area contributed by atoms with Crippen LogP contribution < -0.4 is 9.46 Å². The zero-order valence-corrected chi connectivity index (χ0v) is 15.3. The highest BCUT2D eigenvalue weighted by Crippen LogP contribution is 2.29. The maximum atomic E-state index is 12.6. The van der Waals surface area contributed by atoms with Crippen LogP contribution >= 0.6 is 0 Å². The molecule has 1 heterocycles. The molecule has 2 aromatic carbocycles. The SMILES string of the molecule is COc1cc(C(=O)O)ccc1NS(=O)(=O)c1coc(-c2ccc(C)cc2)n1. The number of aryl methyl sites for hydroxylation is 1. The van der Waals surface area contributed by atoms with Crippen LogP contribution in [0.4, 0.5) is 5.69 Å². The molecule has 0 atom stereocenters. The van der Waals surface area contributed by atoms with Crippen molar-refractivity contribution in [1.29, 1.82) is 0 Å². The van der Waals surface area contributed by atoms with Gasteiger partial charge in [-0.25, -0.2) is 4.79 Å². The van der Waals surface area contributed by atoms with Crippen molar-refractivity contribution in [3.8, 4) is 17.2 Å². The van der Waals surface area contributed by atoms with E-state index in [0.29, 0.717) is 5.56 Å². The van der Waals surface area contributed by atoms with Gasteiger partial charge in [-0.05, 0) is 37.3 Å². The summed E-state index contributed by atoms with van der Waals surface area (Å²) in [6.07, 6.45) is 1.04. The van der Waals surface area contributed by atoms with E-state index < -0.39 is 16.0 Å². The number of carboxylic acids is 1. The number of rotatable bonds is 6. The van der Waals surface area contributed by atoms with Crippen molar-refractivity contribution < 1.29 is 27.5 Å². The van der Waals surface area contributed by atoms with Crippen LogP contribution in [0.15, 0.2) is 58.2 Å². The standard InChI is InChI=1S/C18H16N2O6S/c1-11-3-5-12(6-4-11)17-19-16(10-26-17)27(23,24)20-14-8-7-13(18(21)22)9-15(14)25-2/h3-10,20H,1-2H3,(H,21,22). The fourth-order valence-electron chi connectivity index (χ4n) is 2.32. The number of ether oxygens (including phenoxy) is 1. The first-order chi connectivity index (χ1) is 12.8. The molecule has 0 aliphatic rings. The van der Waals surface area contributed by atoms with Crippen LogP contribution in [0.2, 0.25) is 0 Å². The summed E-state index contributed by atoms with van der Waals surface area (Å²) in [7, 11) is -2.75. The van der Waals surface area contributed by atoms with E-state index in [9.17, 15) is 13.2 Å². The molecule has 0 unspecified atom stereocenters. The van der Waals surface area contributed by atoms with Crippen molar-refractivity contribution in [3.05, 3.63) is 59.9 Å². The van der Waals surface area contributed by atoms with Crippen LogP contribution in [0.3, 0.4) is 0 Å². The number of carboxylic acid groups (broad SMARTS) is 1. The average Bonchev–Trinajstić information content (AvgIpc) is 3.13. The lowest BCUT2D eigenvalue weighted by atomic mass is 10.1. The molecule has 2 N–H and O–H groups in total. The van der Waals surface area contributed by atoms with Crippen LogP contribution in [0, 0.1) is 6.92 Å². The molecule has 0 radical (unpaired) electrons. The third-order valence-corrected chi connectivity index (χ3v) is 4.98. The molecule has 1 aromatic heterocycles. The second-order valence-electron chi connectivity index (χ2n) is 5.68. The van der Waals surface area contributed by atoms with Gasteiger partial charge in [-0.1, -0.05) is 17.7 Å². The first kappa shape index (κ1) is 18.5. The fraction of sp³-hybridized carbons (Fsp3) is 0.111. The minimum absolute atomic E-state index is 0.0297. The lowest BCUT2D eigenvalue weighted by molar-refractivity contribution is 0.0696. The average molecular weight is 388 g/mol. The van der Waals surface area contributed by atoms with E-state index in [1.165, 1.54) is 25.3 Å². The highest BCUT2D eigenvalue weighted by Gasteiger charge is 2.22. The van der Waals surface area contributed by atoms with Gasteiger partial charge in [-0.15, -0.1) is 0 Å². The Hall–Kier alpha value is -3.33. The highest BCUT2D eigenvalue weighted by molar-refractivity contribution is 7.92. The predicted octanol–water partition coefficient (Wildman–Crippen LogP) is 3.16. The monoisotopic (exact) mass is 388 g/mol. The summed E-state index contributed by atoms with van der Waals surface area (Å²) in [6.45, 7) is 1.93. The summed E-state index contributed by atoms with van der Waals surface area (Å²) in [6, 6.07) is 11.1. The van der Waals surface area contributed by atoms with Crippen molar-refractivity contribution >= 4 is 21.7 Å². The molecule has 0 spiro atoms. The van der Waals surface area contributed by atoms with Gasteiger partial charge in [0.1, 0.15) is 12.0 Å². The molecule has 8 nitrogen and oxygen atoms in total. The molecular formula is C18H16N2O6S. The van der Waals surface area contributed by atoms with E-state index in [0.717, 1.165) is 11.8 Å². The summed E-state index contributed by atoms with van der Waals surface area (Å²) in [5, 5.41) is 8.71. The number of hydrogen-bond acceptors (Lipinski definition) is 6. The molecule has 0 bridgehead atoms. The number of aromatic carboxylic acids is 1. The third kappa shape index (κ3) is 3.93. The zero-order chi connectivity index (χ0) is 19.6. The fourth-order valence-corrected chi connectivity index (χ4v) is 3.26. The number of sulfonamides is 1. The Bertz CT molecular complexity index is 1090. The van der Waals surface area contributed by atoms with Gasteiger partial charge >= 0.3 is 5.97 Å². The van der Waals surface area contributed by atoms with E-state index in [1.807, 2.05) is 19.1 Å². The number of methoxy groups -OCH3 is 1. The van der Waals surface area contributed by atoms with Crippen molar-refractivity contribution in [2.75, 3.05) is 11.8 Å². The van der Waals surface area contributed by atoms with Crippen LogP contribution in [0.1, 0.15) is 15.9 Å². The lowest BCUT2D eigenvalue weighted by Crippen LogP contribution is -2.14. The van der Waals surface area contributed by atoms with Gasteiger partial charge < -0.3 is 14.3 Å². The second-order valence-corrected chi connectivity index (χ2v) is 7.31. The largest absolute Gasteiger partial charge is 0.495 e. The van der Waals surface area contributed by atoms with Crippen LogP contribution in [-0.2, 0) is 10.0 Å². The van der Waals surface area contributed by atoms with Gasteiger partial charge in [0.15, 0.2) is 0 Å². The van der Waals surface area contributed by atoms with Gasteiger partial charge in [-0.2, -0.15) is 13.4 Å². The topological polar surface area (TPSA) is 119 Å². The number of nitrogens with one attached hydrogen (secondary N) is 1. The number of benzene rings is 2. The van der Waals surface area contributed by atoms with E-state index in [4.69, 9.17) is 14.3 Å². The smallest absolute Gasteiger partial charge is 0.335 e. The Morgan fingerprint density at radius 1 is 1.19 bits per heavy atom. The normalized spacial score (nSPS) is 11.2. The number of aromatic nitrogens is 1. The molecule has 0 saturated heterocycles. The highest BCUT2D eigenvalue weighted by atomic mass is 32.2. The minimum atomic E-state index is -4.06. The number of hydrogen-bond donors (Lipinski definition) is 2. The maximum absolute atomic E-state index is 12.6. The zero-order valence-electron chi connectivity index (χ0n) is 14.5. The Morgan fingerprint density at radius 3 is 2.52 bits per heavy atom. The summed E-state index contributed by atoms with van der Waals surface area (Å²) in [5.41, 5.74) is 1.75. The number of oxazole rings is 1. The van der Waals surface area contributed by atoms with Crippen molar-refractivity contribution in [3.63, 3.8) is 0 Å². The summed E-state index contributed by atoms with van der Waals surface area (Å²) in [4.78, 5) is 15.1. The Balaban J connectivity index is 1.89. The number of nitrogens with zero attached hydrogens (tertiary/aromatic N) is 1. The molecule has 0 aliphatic carbocycles. The van der Waals surface area contributed by atoms with Crippen molar-refractivity contribution in [2.24, 2.45) is 0 Å². The van der Waals surface area contributed by atoms with E-state index >= 15 is 0 Å². The molecule has 0 saturated carbocycles. The molecule has 0 fully saturated rings. The van der Waals surface area contributed by atoms with Gasteiger partial charge in [0.2, 0.25) is 10.9 Å². The minimum Gasteiger partial charge on any atom is -0.495 e. The lowest BCUT2D eigenvalue weighted by Gasteiger charge is -2.11. The van der Waals surface area contributed by atoms with E-state index in [-0.39, 0.29) is 27.9 Å². The van der Waals surface area contributed by atoms with Crippen molar-refractivity contribution in [2.45, 2.75) is 11.9 Å². The second kappa shape index (κ2) is 7.12. The number of anilines is 1. The summed E-state index contributed by atoms with van der Waals surface area (Å²) < 4.78 is 37.8.